The Labute approximate surface area is 173 Å². The summed E-state index contributed by atoms with van der Waals surface area (Å²) < 4.78 is 13.0. The van der Waals surface area contributed by atoms with Crippen molar-refractivity contribution in [3.05, 3.63) is 35.6 Å². The molecule has 1 aromatic carbocycles. The maximum atomic E-state index is 13.0. The third-order valence-electron chi connectivity index (χ3n) is 4.65. The molecule has 26 heavy (non-hydrogen) atoms. The van der Waals surface area contributed by atoms with E-state index in [1.165, 1.54) is 18.6 Å². The molecule has 146 valence electrons. The van der Waals surface area contributed by atoms with Gasteiger partial charge in [0.15, 0.2) is 5.96 Å². The molecule has 1 unspecified atom stereocenters. The van der Waals surface area contributed by atoms with Gasteiger partial charge in [0, 0.05) is 46.2 Å². The molecule has 1 saturated heterocycles. The quantitative estimate of drug-likeness (QED) is 0.404. The summed E-state index contributed by atoms with van der Waals surface area (Å²) in [6.07, 6.45) is 3.88. The maximum absolute atomic E-state index is 13.0. The van der Waals surface area contributed by atoms with Crippen molar-refractivity contribution in [3.63, 3.8) is 0 Å². The van der Waals surface area contributed by atoms with Gasteiger partial charge in [-0.25, -0.2) is 4.39 Å². The first-order chi connectivity index (χ1) is 12.0. The van der Waals surface area contributed by atoms with E-state index in [1.807, 2.05) is 16.8 Å². The molecule has 1 atom stereocenters. The van der Waals surface area contributed by atoms with E-state index < -0.39 is 0 Å². The maximum Gasteiger partial charge on any atom is 0.224 e. The number of nitrogens with one attached hydrogen (secondary N) is 1. The van der Waals surface area contributed by atoms with Crippen LogP contribution in [0.25, 0.3) is 0 Å². The van der Waals surface area contributed by atoms with Gasteiger partial charge in [-0.05, 0) is 43.9 Å². The van der Waals surface area contributed by atoms with Gasteiger partial charge in [-0.3, -0.25) is 9.79 Å². The summed E-state index contributed by atoms with van der Waals surface area (Å²) in [5, 5.41) is 3.24. The zero-order valence-electron chi connectivity index (χ0n) is 15.9. The van der Waals surface area contributed by atoms with Gasteiger partial charge in [-0.1, -0.05) is 12.1 Å². The van der Waals surface area contributed by atoms with Gasteiger partial charge in [0.05, 0.1) is 0 Å². The van der Waals surface area contributed by atoms with Gasteiger partial charge >= 0.3 is 0 Å². The van der Waals surface area contributed by atoms with Crippen molar-refractivity contribution in [1.29, 1.82) is 0 Å². The second-order valence-corrected chi connectivity index (χ2v) is 6.64. The smallest absolute Gasteiger partial charge is 0.224 e. The van der Waals surface area contributed by atoms with Crippen molar-refractivity contribution in [2.75, 3.05) is 27.2 Å². The molecule has 1 aliphatic rings. The lowest BCUT2D eigenvalue weighted by atomic mass is 10.0. The number of hydrogen-bond acceptors (Lipinski definition) is 2. The van der Waals surface area contributed by atoms with Gasteiger partial charge in [0.25, 0.3) is 0 Å². The minimum atomic E-state index is -0.237. The number of likely N-dealkylation sites (tertiary alicyclic amines) is 1. The van der Waals surface area contributed by atoms with Crippen LogP contribution in [0.5, 0.6) is 0 Å². The zero-order chi connectivity index (χ0) is 18.2. The van der Waals surface area contributed by atoms with Crippen LogP contribution in [0.4, 0.5) is 4.39 Å². The van der Waals surface area contributed by atoms with Crippen LogP contribution in [0, 0.1) is 5.82 Å². The normalized spacial score (nSPS) is 17.5. The SMILES string of the molecule is CN=C(NCCC(=O)N1CCCCC1C)N(C)Cc1ccc(F)cc1.I. The number of amides is 1. The minimum Gasteiger partial charge on any atom is -0.356 e. The molecule has 0 spiro atoms. The van der Waals surface area contributed by atoms with Crippen molar-refractivity contribution in [1.82, 2.24) is 15.1 Å². The van der Waals surface area contributed by atoms with Gasteiger partial charge in [0.1, 0.15) is 5.82 Å². The highest BCUT2D eigenvalue weighted by Gasteiger charge is 2.22. The number of aliphatic imine (C=N–C) groups is 1. The fraction of sp³-hybridized carbons (Fsp3) is 0.579. The van der Waals surface area contributed by atoms with E-state index >= 15 is 0 Å². The van der Waals surface area contributed by atoms with Crippen LogP contribution >= 0.6 is 24.0 Å². The number of piperidine rings is 1. The summed E-state index contributed by atoms with van der Waals surface area (Å²) in [4.78, 5) is 20.6. The van der Waals surface area contributed by atoms with Crippen LogP contribution in [0.2, 0.25) is 0 Å². The molecule has 0 radical (unpaired) electrons. The van der Waals surface area contributed by atoms with Crippen LogP contribution in [0.3, 0.4) is 0 Å². The summed E-state index contributed by atoms with van der Waals surface area (Å²) in [7, 11) is 3.64. The first kappa shape index (κ1) is 22.7. The van der Waals surface area contributed by atoms with Crippen LogP contribution in [-0.2, 0) is 11.3 Å². The minimum absolute atomic E-state index is 0. The Kier molecular flexibility index (Phi) is 9.90. The third-order valence-corrected chi connectivity index (χ3v) is 4.65. The lowest BCUT2D eigenvalue weighted by molar-refractivity contribution is -0.134. The Hall–Kier alpha value is -1.38. The largest absolute Gasteiger partial charge is 0.356 e. The molecule has 1 N–H and O–H groups in total. The van der Waals surface area contributed by atoms with E-state index in [4.69, 9.17) is 0 Å². The first-order valence-electron chi connectivity index (χ1n) is 8.97. The van der Waals surface area contributed by atoms with Gasteiger partial charge in [-0.15, -0.1) is 24.0 Å². The molecule has 1 aromatic rings. The molecular weight excluding hydrogens is 446 g/mol. The molecule has 1 fully saturated rings. The number of hydrogen-bond donors (Lipinski definition) is 1. The van der Waals surface area contributed by atoms with Crippen molar-refractivity contribution < 1.29 is 9.18 Å². The van der Waals surface area contributed by atoms with Crippen LogP contribution in [0.15, 0.2) is 29.3 Å². The molecule has 7 heteroatoms. The molecule has 1 heterocycles. The van der Waals surface area contributed by atoms with Crippen LogP contribution in [0.1, 0.15) is 38.2 Å². The Morgan fingerprint density at radius 2 is 2.04 bits per heavy atom. The Bertz CT molecular complexity index is 594. The number of halogens is 2. The van der Waals surface area contributed by atoms with Crippen molar-refractivity contribution in [3.8, 4) is 0 Å². The summed E-state index contributed by atoms with van der Waals surface area (Å²) in [5.41, 5.74) is 1.00. The highest BCUT2D eigenvalue weighted by Crippen LogP contribution is 2.17. The second-order valence-electron chi connectivity index (χ2n) is 6.64. The third kappa shape index (κ3) is 6.74. The van der Waals surface area contributed by atoms with Gasteiger partial charge < -0.3 is 15.1 Å². The number of carbonyl (C=O) groups excluding carboxylic acids is 1. The molecule has 0 aromatic heterocycles. The van der Waals surface area contributed by atoms with Gasteiger partial charge in [-0.2, -0.15) is 0 Å². The van der Waals surface area contributed by atoms with E-state index in [1.54, 1.807) is 19.2 Å². The molecule has 0 saturated carbocycles. The summed E-state index contributed by atoms with van der Waals surface area (Å²) in [6.45, 7) is 4.18. The lowest BCUT2D eigenvalue weighted by Gasteiger charge is -2.33. The topological polar surface area (TPSA) is 47.9 Å². The molecule has 0 bridgehead atoms. The number of benzene rings is 1. The fourth-order valence-corrected chi connectivity index (χ4v) is 3.22. The molecular formula is C19H30FIN4O. The Morgan fingerprint density at radius 3 is 2.65 bits per heavy atom. The number of carbonyl (C=O) groups is 1. The Balaban J connectivity index is 0.00000338. The summed E-state index contributed by atoms with van der Waals surface area (Å²) >= 11 is 0. The molecule has 1 amide bonds. The molecule has 1 aliphatic heterocycles. The number of nitrogens with zero attached hydrogens (tertiary/aromatic N) is 3. The molecule has 2 rings (SSSR count). The van der Waals surface area contributed by atoms with Crippen molar-refractivity contribution in [2.45, 2.75) is 45.2 Å². The standard InChI is InChI=1S/C19H29FN4O.HI/c1-15-6-4-5-13-24(15)18(25)11-12-22-19(21-2)23(3)14-16-7-9-17(20)10-8-16;/h7-10,15H,4-6,11-14H2,1-3H3,(H,21,22);1H. The number of rotatable bonds is 5. The monoisotopic (exact) mass is 476 g/mol. The molecule has 0 aliphatic carbocycles. The van der Waals surface area contributed by atoms with Crippen LogP contribution < -0.4 is 5.32 Å². The van der Waals surface area contributed by atoms with Gasteiger partial charge in [0.2, 0.25) is 5.91 Å². The van der Waals surface area contributed by atoms with Crippen LogP contribution in [-0.4, -0.2) is 54.9 Å². The van der Waals surface area contributed by atoms with E-state index in [0.29, 0.717) is 25.6 Å². The summed E-state index contributed by atoms with van der Waals surface area (Å²) in [6, 6.07) is 6.79. The lowest BCUT2D eigenvalue weighted by Crippen LogP contribution is -2.44. The predicted molar refractivity (Wildman–Crippen MR) is 114 cm³/mol. The highest BCUT2D eigenvalue weighted by atomic mass is 127. The summed E-state index contributed by atoms with van der Waals surface area (Å²) in [5.74, 6) is 0.694. The number of guanidine groups is 1. The fourth-order valence-electron chi connectivity index (χ4n) is 3.22. The first-order valence-corrected chi connectivity index (χ1v) is 8.97. The van der Waals surface area contributed by atoms with E-state index in [9.17, 15) is 9.18 Å². The molecule has 5 nitrogen and oxygen atoms in total. The van der Waals surface area contributed by atoms with Crippen molar-refractivity contribution in [2.24, 2.45) is 4.99 Å². The average molecular weight is 476 g/mol. The highest BCUT2D eigenvalue weighted by molar-refractivity contribution is 14.0. The van der Waals surface area contributed by atoms with Crippen molar-refractivity contribution >= 4 is 35.8 Å². The predicted octanol–water partition coefficient (Wildman–Crippen LogP) is 3.24. The van der Waals surface area contributed by atoms with E-state index in [0.717, 1.165) is 30.9 Å². The zero-order valence-corrected chi connectivity index (χ0v) is 18.2. The van der Waals surface area contributed by atoms with E-state index in [-0.39, 0.29) is 35.7 Å². The van der Waals surface area contributed by atoms with E-state index in [2.05, 4.69) is 17.2 Å². The Morgan fingerprint density at radius 1 is 1.35 bits per heavy atom. The second kappa shape index (κ2) is 11.4. The average Bonchev–Trinajstić information content (AvgIpc) is 2.60.